The third-order valence-electron chi connectivity index (χ3n) is 3.66. The molecule has 0 amide bonds. The van der Waals surface area contributed by atoms with Gasteiger partial charge < -0.3 is 15.5 Å². The SMILES string of the molecule is N#Cc1c(N)[nH]c(=O)c(C#N)c1-c1ccc(Oc2ccc(Br)cc2)cc1. The molecule has 0 saturated carbocycles. The van der Waals surface area contributed by atoms with Gasteiger partial charge in [-0.2, -0.15) is 10.5 Å². The molecule has 3 rings (SSSR count). The van der Waals surface area contributed by atoms with Crippen molar-refractivity contribution in [2.45, 2.75) is 0 Å². The molecule has 0 radical (unpaired) electrons. The third kappa shape index (κ3) is 3.30. The first-order valence-corrected chi connectivity index (χ1v) is 8.22. The zero-order chi connectivity index (χ0) is 18.7. The van der Waals surface area contributed by atoms with Gasteiger partial charge in [-0.1, -0.05) is 28.1 Å². The average Bonchev–Trinajstić information content (AvgIpc) is 2.64. The molecule has 0 bridgehead atoms. The van der Waals surface area contributed by atoms with Gasteiger partial charge in [-0.05, 0) is 42.0 Å². The minimum Gasteiger partial charge on any atom is -0.457 e. The maximum absolute atomic E-state index is 12.0. The molecule has 7 heteroatoms. The van der Waals surface area contributed by atoms with Gasteiger partial charge in [-0.3, -0.25) is 4.79 Å². The summed E-state index contributed by atoms with van der Waals surface area (Å²) in [5.41, 5.74) is 5.74. The molecule has 3 aromatic rings. The summed E-state index contributed by atoms with van der Waals surface area (Å²) >= 11 is 3.36. The number of nitrogens with two attached hydrogens (primary N) is 1. The maximum atomic E-state index is 12.0. The first-order valence-electron chi connectivity index (χ1n) is 7.43. The Balaban J connectivity index is 2.02. The van der Waals surface area contributed by atoms with Gasteiger partial charge >= 0.3 is 0 Å². The molecule has 126 valence electrons. The zero-order valence-electron chi connectivity index (χ0n) is 13.3. The Morgan fingerprint density at radius 1 is 0.923 bits per heavy atom. The molecule has 0 fully saturated rings. The normalized spacial score (nSPS) is 9.96. The van der Waals surface area contributed by atoms with Gasteiger partial charge in [0.2, 0.25) is 0 Å². The second-order valence-electron chi connectivity index (χ2n) is 5.30. The quantitative estimate of drug-likeness (QED) is 0.683. The predicted molar refractivity (Wildman–Crippen MR) is 101 cm³/mol. The van der Waals surface area contributed by atoms with Crippen LogP contribution >= 0.6 is 15.9 Å². The summed E-state index contributed by atoms with van der Waals surface area (Å²) < 4.78 is 6.69. The zero-order valence-corrected chi connectivity index (χ0v) is 14.9. The molecule has 0 aliphatic heterocycles. The molecule has 0 aliphatic rings. The number of hydrogen-bond acceptors (Lipinski definition) is 5. The molecule has 1 aromatic heterocycles. The maximum Gasteiger partial charge on any atom is 0.268 e. The van der Waals surface area contributed by atoms with E-state index in [1.807, 2.05) is 36.4 Å². The van der Waals surface area contributed by atoms with Gasteiger partial charge in [0.25, 0.3) is 5.56 Å². The van der Waals surface area contributed by atoms with E-state index >= 15 is 0 Å². The fourth-order valence-electron chi connectivity index (χ4n) is 2.46. The highest BCUT2D eigenvalue weighted by Crippen LogP contribution is 2.30. The van der Waals surface area contributed by atoms with Gasteiger partial charge in [0.05, 0.1) is 0 Å². The number of hydrogen-bond donors (Lipinski definition) is 2. The van der Waals surface area contributed by atoms with Crippen LogP contribution in [0.1, 0.15) is 11.1 Å². The summed E-state index contributed by atoms with van der Waals surface area (Å²) in [4.78, 5) is 14.3. The Bertz CT molecular complexity index is 1100. The topological polar surface area (TPSA) is 116 Å². The van der Waals surface area contributed by atoms with Gasteiger partial charge in [0, 0.05) is 10.0 Å². The molecule has 26 heavy (non-hydrogen) atoms. The second kappa shape index (κ2) is 7.14. The van der Waals surface area contributed by atoms with Crippen molar-refractivity contribution in [3.05, 3.63) is 74.5 Å². The van der Waals surface area contributed by atoms with E-state index in [0.29, 0.717) is 17.1 Å². The molecule has 6 nitrogen and oxygen atoms in total. The van der Waals surface area contributed by atoms with Crippen LogP contribution in [0.5, 0.6) is 11.5 Å². The number of nitriles is 2. The smallest absolute Gasteiger partial charge is 0.268 e. The number of ether oxygens (including phenoxy) is 1. The predicted octanol–water partition coefficient (Wildman–Crippen LogP) is 3.92. The van der Waals surface area contributed by atoms with Crippen molar-refractivity contribution in [1.82, 2.24) is 4.98 Å². The summed E-state index contributed by atoms with van der Waals surface area (Å²) in [5, 5.41) is 18.6. The largest absolute Gasteiger partial charge is 0.457 e. The fourth-order valence-corrected chi connectivity index (χ4v) is 2.72. The number of nitrogens with zero attached hydrogens (tertiary/aromatic N) is 2. The van der Waals surface area contributed by atoms with Crippen molar-refractivity contribution < 1.29 is 4.74 Å². The molecule has 0 aliphatic carbocycles. The number of anilines is 1. The highest BCUT2D eigenvalue weighted by atomic mass is 79.9. The molecule has 0 unspecified atom stereocenters. The fraction of sp³-hybridized carbons (Fsp3) is 0. The Morgan fingerprint density at radius 3 is 2.00 bits per heavy atom. The molecular weight excluding hydrogens is 396 g/mol. The van der Waals surface area contributed by atoms with E-state index in [1.165, 1.54) is 0 Å². The standard InChI is InChI=1S/C19H11BrN4O2/c20-12-3-7-14(8-4-12)26-13-5-1-11(2-6-13)17-15(9-21)18(23)24-19(25)16(17)10-22/h1-8H,(H3,23,24,25). The lowest BCUT2D eigenvalue weighted by atomic mass is 9.96. The van der Waals surface area contributed by atoms with Crippen LogP contribution in [0.2, 0.25) is 0 Å². The van der Waals surface area contributed by atoms with Crippen LogP contribution in [-0.4, -0.2) is 4.98 Å². The average molecular weight is 407 g/mol. The minimum absolute atomic E-state index is 0.0581. The van der Waals surface area contributed by atoms with Crippen LogP contribution in [0.25, 0.3) is 11.1 Å². The highest BCUT2D eigenvalue weighted by Gasteiger charge is 2.18. The van der Waals surface area contributed by atoms with Crippen molar-refractivity contribution in [3.8, 4) is 34.8 Å². The van der Waals surface area contributed by atoms with Crippen LogP contribution in [0.4, 0.5) is 5.82 Å². The molecular formula is C19H11BrN4O2. The summed E-state index contributed by atoms with van der Waals surface area (Å²) in [6.07, 6.45) is 0. The van der Waals surface area contributed by atoms with E-state index in [1.54, 1.807) is 24.3 Å². The Hall–Kier alpha value is -3.55. The van der Waals surface area contributed by atoms with Crippen molar-refractivity contribution in [2.24, 2.45) is 0 Å². The summed E-state index contributed by atoms with van der Waals surface area (Å²) in [7, 11) is 0. The first kappa shape index (κ1) is 17.3. The summed E-state index contributed by atoms with van der Waals surface area (Å²) in [6.45, 7) is 0. The number of benzene rings is 2. The Labute approximate surface area is 157 Å². The van der Waals surface area contributed by atoms with Crippen molar-refractivity contribution in [2.75, 3.05) is 5.73 Å². The number of nitrogens with one attached hydrogen (secondary N) is 1. The number of aromatic nitrogens is 1. The number of aromatic amines is 1. The van der Waals surface area contributed by atoms with Gasteiger partial charge in [-0.15, -0.1) is 0 Å². The third-order valence-corrected chi connectivity index (χ3v) is 4.19. The number of nitrogen functional groups attached to an aromatic ring is 1. The summed E-state index contributed by atoms with van der Waals surface area (Å²) in [6, 6.07) is 17.9. The van der Waals surface area contributed by atoms with Crippen molar-refractivity contribution >= 4 is 21.7 Å². The minimum atomic E-state index is -0.630. The molecule has 0 saturated heterocycles. The van der Waals surface area contributed by atoms with E-state index in [4.69, 9.17) is 10.5 Å². The van der Waals surface area contributed by atoms with E-state index < -0.39 is 5.56 Å². The van der Waals surface area contributed by atoms with Gasteiger partial charge in [-0.25, -0.2) is 0 Å². The van der Waals surface area contributed by atoms with Gasteiger partial charge in [0.1, 0.15) is 40.6 Å². The molecule has 1 heterocycles. The monoisotopic (exact) mass is 406 g/mol. The van der Waals surface area contributed by atoms with E-state index in [0.717, 1.165) is 4.47 Å². The molecule has 0 atom stereocenters. The number of pyridine rings is 1. The van der Waals surface area contributed by atoms with Gasteiger partial charge in [0.15, 0.2) is 0 Å². The Morgan fingerprint density at radius 2 is 1.46 bits per heavy atom. The van der Waals surface area contributed by atoms with Crippen LogP contribution in [0, 0.1) is 22.7 Å². The number of rotatable bonds is 3. The second-order valence-corrected chi connectivity index (χ2v) is 6.21. The number of halogens is 1. The van der Waals surface area contributed by atoms with Crippen molar-refractivity contribution in [3.63, 3.8) is 0 Å². The molecule has 2 aromatic carbocycles. The Kier molecular flexibility index (Phi) is 4.74. The van der Waals surface area contributed by atoms with E-state index in [9.17, 15) is 15.3 Å². The van der Waals surface area contributed by atoms with Crippen LogP contribution in [-0.2, 0) is 0 Å². The van der Waals surface area contributed by atoms with Crippen molar-refractivity contribution in [1.29, 1.82) is 10.5 Å². The highest BCUT2D eigenvalue weighted by molar-refractivity contribution is 9.10. The first-order chi connectivity index (χ1) is 12.5. The lowest BCUT2D eigenvalue weighted by Crippen LogP contribution is -2.16. The number of H-pyrrole nitrogens is 1. The van der Waals surface area contributed by atoms with Crippen LogP contribution in [0.15, 0.2) is 57.8 Å². The molecule has 3 N–H and O–H groups in total. The molecule has 0 spiro atoms. The summed E-state index contributed by atoms with van der Waals surface area (Å²) in [5.74, 6) is 1.17. The van der Waals surface area contributed by atoms with E-state index in [-0.39, 0.29) is 22.5 Å². The van der Waals surface area contributed by atoms with Crippen LogP contribution < -0.4 is 16.0 Å². The van der Waals surface area contributed by atoms with Crippen LogP contribution in [0.3, 0.4) is 0 Å². The lowest BCUT2D eigenvalue weighted by molar-refractivity contribution is 0.482. The lowest BCUT2D eigenvalue weighted by Gasteiger charge is -2.10. The van der Waals surface area contributed by atoms with E-state index in [2.05, 4.69) is 20.9 Å².